The predicted molar refractivity (Wildman–Crippen MR) is 70.4 cm³/mol. The van der Waals surface area contributed by atoms with Crippen LogP contribution in [-0.2, 0) is 19.1 Å². The number of fused-ring (bicyclic) bond motifs is 2. The van der Waals surface area contributed by atoms with E-state index >= 15 is 0 Å². The molecule has 5 saturated carbocycles. The van der Waals surface area contributed by atoms with Gasteiger partial charge in [0.2, 0.25) is 0 Å². The molecule has 1 heterocycles. The number of esters is 2. The van der Waals surface area contributed by atoms with Crippen molar-refractivity contribution in [3.8, 4) is 0 Å². The minimum atomic E-state index is -1.13. The van der Waals surface area contributed by atoms with E-state index in [1.165, 1.54) is 12.8 Å². The molecule has 0 aromatic carbocycles. The predicted octanol–water partition coefficient (Wildman–Crippen LogP) is 1.90. The van der Waals surface area contributed by atoms with Gasteiger partial charge >= 0.3 is 11.9 Å². The molecule has 0 aromatic rings. The lowest BCUT2D eigenvalue weighted by Crippen LogP contribution is -2.45. The second-order valence-electron chi connectivity index (χ2n) is 8.34. The summed E-state index contributed by atoms with van der Waals surface area (Å²) in [5, 5.41) is 0. The molecule has 0 spiro atoms. The first-order chi connectivity index (χ1) is 9.98. The third-order valence-corrected chi connectivity index (χ3v) is 7.46. The highest BCUT2D eigenvalue weighted by Gasteiger charge is 2.79. The number of cyclic esters (lactones) is 2. The van der Waals surface area contributed by atoms with E-state index in [9.17, 15) is 9.59 Å². The standard InChI is InChI=1S/C17H18O4/c1-17(2)20-15(18)14(16(19)21-17)13-10-6-4-7-9-5(6)3-8(10)11(9)12(7)13/h5-12H,3-4H2,1-2H3/t5-,6-,7+,8+,9+,10-,11+,12-/m1/s1. The second kappa shape index (κ2) is 2.92. The van der Waals surface area contributed by atoms with Gasteiger partial charge in [0.25, 0.3) is 5.79 Å². The van der Waals surface area contributed by atoms with E-state index in [0.717, 1.165) is 41.1 Å². The van der Waals surface area contributed by atoms with Crippen LogP contribution in [0, 0.1) is 47.3 Å². The quantitative estimate of drug-likeness (QED) is 0.388. The number of hydrogen-bond acceptors (Lipinski definition) is 4. The monoisotopic (exact) mass is 286 g/mol. The van der Waals surface area contributed by atoms with Crippen LogP contribution in [0.2, 0.25) is 0 Å². The zero-order chi connectivity index (χ0) is 14.3. The van der Waals surface area contributed by atoms with Crippen molar-refractivity contribution >= 4 is 11.9 Å². The van der Waals surface area contributed by atoms with Crippen LogP contribution in [0.15, 0.2) is 11.1 Å². The minimum Gasteiger partial charge on any atom is -0.419 e. The maximum atomic E-state index is 12.4. The van der Waals surface area contributed by atoms with Gasteiger partial charge < -0.3 is 9.47 Å². The molecule has 1 saturated heterocycles. The average molecular weight is 286 g/mol. The summed E-state index contributed by atoms with van der Waals surface area (Å²) < 4.78 is 10.7. The molecule has 1 aliphatic heterocycles. The van der Waals surface area contributed by atoms with Crippen molar-refractivity contribution in [3.63, 3.8) is 0 Å². The second-order valence-corrected chi connectivity index (χ2v) is 8.34. The van der Waals surface area contributed by atoms with E-state index in [1.54, 1.807) is 13.8 Å². The Bertz CT molecular complexity index is 632. The Balaban J connectivity index is 1.53. The van der Waals surface area contributed by atoms with Crippen LogP contribution < -0.4 is 0 Å². The Kier molecular flexibility index (Phi) is 1.57. The molecular weight excluding hydrogens is 268 g/mol. The Morgan fingerprint density at radius 3 is 2.19 bits per heavy atom. The Hall–Kier alpha value is -1.32. The van der Waals surface area contributed by atoms with Gasteiger partial charge in [-0.3, -0.25) is 0 Å². The average Bonchev–Trinajstić information content (AvgIpc) is 2.85. The maximum absolute atomic E-state index is 12.4. The molecule has 0 unspecified atom stereocenters. The third kappa shape index (κ3) is 0.984. The van der Waals surface area contributed by atoms with Gasteiger partial charge in [0.15, 0.2) is 0 Å². The molecule has 0 N–H and O–H groups in total. The van der Waals surface area contributed by atoms with Gasteiger partial charge in [-0.15, -0.1) is 0 Å². The molecule has 0 aromatic heterocycles. The summed E-state index contributed by atoms with van der Waals surface area (Å²) >= 11 is 0. The SMILES string of the molecule is CC1(C)OC(=O)C(=C2[C@@H]3[C@@H]4C[C@@H]5[C@@H]2[C@H]2[C@H]3C[C@H]4[C@@H]52)C(=O)O1. The fourth-order valence-electron chi connectivity index (χ4n) is 7.40. The van der Waals surface area contributed by atoms with Crippen molar-refractivity contribution in [3.05, 3.63) is 11.1 Å². The van der Waals surface area contributed by atoms with Gasteiger partial charge in [-0.1, -0.05) is 0 Å². The first kappa shape index (κ1) is 11.3. The summed E-state index contributed by atoms with van der Waals surface area (Å²) in [5.74, 6) is 3.74. The van der Waals surface area contributed by atoms with Crippen molar-refractivity contribution in [2.75, 3.05) is 0 Å². The summed E-state index contributed by atoms with van der Waals surface area (Å²) in [5.41, 5.74) is 1.42. The van der Waals surface area contributed by atoms with Gasteiger partial charge in [-0.05, 0) is 65.8 Å². The van der Waals surface area contributed by atoms with Gasteiger partial charge in [-0.2, -0.15) is 0 Å². The number of allylic oxidation sites excluding steroid dienone is 1. The Morgan fingerprint density at radius 2 is 1.48 bits per heavy atom. The van der Waals surface area contributed by atoms with Gasteiger partial charge in [0.1, 0.15) is 5.57 Å². The maximum Gasteiger partial charge on any atom is 0.348 e. The largest absolute Gasteiger partial charge is 0.419 e. The van der Waals surface area contributed by atoms with Gasteiger partial charge in [0, 0.05) is 13.8 Å². The number of rotatable bonds is 0. The number of carbonyl (C=O) groups is 2. The van der Waals surface area contributed by atoms with Crippen molar-refractivity contribution in [2.24, 2.45) is 47.3 Å². The summed E-state index contributed by atoms with van der Waals surface area (Å²) in [7, 11) is 0. The molecule has 4 nitrogen and oxygen atoms in total. The molecule has 5 aliphatic carbocycles. The molecule has 21 heavy (non-hydrogen) atoms. The van der Waals surface area contributed by atoms with Gasteiger partial charge in [0.05, 0.1) is 0 Å². The smallest absolute Gasteiger partial charge is 0.348 e. The van der Waals surface area contributed by atoms with Crippen LogP contribution in [0.5, 0.6) is 0 Å². The van der Waals surface area contributed by atoms with E-state index < -0.39 is 17.7 Å². The fourth-order valence-corrected chi connectivity index (χ4v) is 7.40. The Labute approximate surface area is 122 Å². The Morgan fingerprint density at radius 1 is 0.857 bits per heavy atom. The van der Waals surface area contributed by atoms with Crippen molar-refractivity contribution in [1.82, 2.24) is 0 Å². The van der Waals surface area contributed by atoms with Crippen LogP contribution in [-0.4, -0.2) is 17.7 Å². The first-order valence-electron chi connectivity index (χ1n) is 8.19. The lowest BCUT2D eigenvalue weighted by atomic mass is 9.58. The van der Waals surface area contributed by atoms with Crippen LogP contribution in [0.1, 0.15) is 26.7 Å². The van der Waals surface area contributed by atoms with Crippen LogP contribution in [0.3, 0.4) is 0 Å². The number of ether oxygens (including phenoxy) is 2. The minimum absolute atomic E-state index is 0.271. The molecule has 6 aliphatic rings. The van der Waals surface area contributed by atoms with Crippen molar-refractivity contribution < 1.29 is 19.1 Å². The molecule has 6 rings (SSSR count). The van der Waals surface area contributed by atoms with E-state index in [4.69, 9.17) is 9.47 Å². The molecule has 8 atom stereocenters. The zero-order valence-electron chi connectivity index (χ0n) is 12.2. The molecule has 4 heteroatoms. The fraction of sp³-hybridized carbons (Fsp3) is 0.765. The third-order valence-electron chi connectivity index (χ3n) is 7.46. The zero-order valence-corrected chi connectivity index (χ0v) is 12.2. The van der Waals surface area contributed by atoms with Crippen LogP contribution in [0.4, 0.5) is 0 Å². The number of carbonyl (C=O) groups excluding carboxylic acids is 2. The molecule has 110 valence electrons. The van der Waals surface area contributed by atoms with Crippen LogP contribution in [0.25, 0.3) is 0 Å². The summed E-state index contributed by atoms with van der Waals surface area (Å²) in [6.07, 6.45) is 2.67. The summed E-state index contributed by atoms with van der Waals surface area (Å²) in [6, 6.07) is 0. The molecule has 2 bridgehead atoms. The highest BCUT2D eigenvalue weighted by Crippen LogP contribution is 2.84. The molecule has 0 radical (unpaired) electrons. The molecule has 0 amide bonds. The molecule has 6 fully saturated rings. The van der Waals surface area contributed by atoms with E-state index in [1.807, 2.05) is 0 Å². The lowest BCUT2D eigenvalue weighted by Gasteiger charge is -2.46. The lowest BCUT2D eigenvalue weighted by molar-refractivity contribution is -0.222. The van der Waals surface area contributed by atoms with E-state index in [-0.39, 0.29) is 5.57 Å². The van der Waals surface area contributed by atoms with Gasteiger partial charge in [-0.25, -0.2) is 9.59 Å². The highest BCUT2D eigenvalue weighted by molar-refractivity contribution is 6.16. The normalized spacial score (nSPS) is 56.9. The van der Waals surface area contributed by atoms with Crippen molar-refractivity contribution in [1.29, 1.82) is 0 Å². The summed E-state index contributed by atoms with van der Waals surface area (Å²) in [6.45, 7) is 3.23. The summed E-state index contributed by atoms with van der Waals surface area (Å²) in [4.78, 5) is 24.8. The van der Waals surface area contributed by atoms with Crippen LogP contribution >= 0.6 is 0 Å². The van der Waals surface area contributed by atoms with Crippen molar-refractivity contribution in [2.45, 2.75) is 32.5 Å². The van der Waals surface area contributed by atoms with E-state index in [2.05, 4.69) is 0 Å². The first-order valence-corrected chi connectivity index (χ1v) is 8.19. The highest BCUT2D eigenvalue weighted by atomic mass is 16.7. The molecular formula is C17H18O4. The topological polar surface area (TPSA) is 52.6 Å². The van der Waals surface area contributed by atoms with E-state index in [0.29, 0.717) is 11.8 Å². The number of hydrogen-bond donors (Lipinski definition) is 0.